The highest BCUT2D eigenvalue weighted by atomic mass is 16.6. The van der Waals surface area contributed by atoms with Crippen LogP contribution in [0.3, 0.4) is 0 Å². The van der Waals surface area contributed by atoms with Gasteiger partial charge in [-0.2, -0.15) is 5.10 Å². The largest absolute Gasteiger partial charge is 0.497 e. The van der Waals surface area contributed by atoms with Crippen molar-refractivity contribution in [1.82, 2.24) is 15.1 Å². The number of hydrogen-bond donors (Lipinski definition) is 1. The molecule has 1 unspecified atom stereocenters. The molecular weight excluding hydrogens is 356 g/mol. The van der Waals surface area contributed by atoms with Crippen LogP contribution in [0.4, 0.5) is 0 Å². The van der Waals surface area contributed by atoms with Gasteiger partial charge >= 0.3 is 0 Å². The van der Waals surface area contributed by atoms with Crippen molar-refractivity contribution in [2.45, 2.75) is 12.5 Å². The Morgan fingerprint density at radius 2 is 2.00 bits per heavy atom. The Morgan fingerprint density at radius 1 is 1.21 bits per heavy atom. The predicted octanol–water partition coefficient (Wildman–Crippen LogP) is 2.80. The summed E-state index contributed by atoms with van der Waals surface area (Å²) in [6.07, 6.45) is 3.71. The van der Waals surface area contributed by atoms with Crippen LogP contribution in [0.15, 0.2) is 72.1 Å². The highest BCUT2D eigenvalue weighted by molar-refractivity contribution is 6.01. The van der Waals surface area contributed by atoms with E-state index in [1.807, 2.05) is 54.6 Å². The number of nitrogens with zero attached hydrogens (tertiary/aromatic N) is 3. The smallest absolute Gasteiger partial charge is 0.254 e. The summed E-state index contributed by atoms with van der Waals surface area (Å²) in [5.74, 6) is 0.604. The third-order valence-corrected chi connectivity index (χ3v) is 4.51. The molecule has 1 aliphatic heterocycles. The van der Waals surface area contributed by atoms with Crippen LogP contribution in [0.5, 0.6) is 5.75 Å². The molecule has 1 aliphatic rings. The molecule has 0 fully saturated rings. The highest BCUT2D eigenvalue weighted by Crippen LogP contribution is 2.19. The van der Waals surface area contributed by atoms with Gasteiger partial charge in [0, 0.05) is 12.6 Å². The number of aromatic nitrogens is 2. The lowest BCUT2D eigenvalue weighted by atomic mass is 10.0. The molecule has 3 aromatic rings. The number of methoxy groups -OCH3 is 1. The number of ether oxygens (including phenoxy) is 1. The fourth-order valence-corrected chi connectivity index (χ4v) is 2.96. The quantitative estimate of drug-likeness (QED) is 0.718. The van der Waals surface area contributed by atoms with Crippen molar-refractivity contribution in [3.8, 4) is 11.4 Å². The summed E-state index contributed by atoms with van der Waals surface area (Å²) < 4.78 is 6.84. The van der Waals surface area contributed by atoms with Gasteiger partial charge in [-0.25, -0.2) is 4.68 Å². The number of carbonyl (C=O) groups is 1. The predicted molar refractivity (Wildman–Crippen MR) is 105 cm³/mol. The molecule has 0 saturated heterocycles. The second kappa shape index (κ2) is 7.96. The number of benzene rings is 2. The fraction of sp³-hybridized carbons (Fsp3) is 0.190. The monoisotopic (exact) mass is 376 g/mol. The zero-order chi connectivity index (χ0) is 19.3. The van der Waals surface area contributed by atoms with Crippen molar-refractivity contribution >= 4 is 11.6 Å². The number of oxime groups is 1. The summed E-state index contributed by atoms with van der Waals surface area (Å²) in [7, 11) is 1.63. The maximum atomic E-state index is 12.4. The first-order valence-corrected chi connectivity index (χ1v) is 8.98. The van der Waals surface area contributed by atoms with Crippen molar-refractivity contribution in [1.29, 1.82) is 0 Å². The van der Waals surface area contributed by atoms with Crippen molar-refractivity contribution in [3.05, 3.63) is 78.1 Å². The number of rotatable bonds is 6. The average Bonchev–Trinajstić information content (AvgIpc) is 3.43. The summed E-state index contributed by atoms with van der Waals surface area (Å²) in [5.41, 5.74) is 3.24. The van der Waals surface area contributed by atoms with Crippen molar-refractivity contribution < 1.29 is 14.4 Å². The molecule has 1 amide bonds. The van der Waals surface area contributed by atoms with E-state index in [2.05, 4.69) is 15.6 Å². The number of para-hydroxylation sites is 1. The summed E-state index contributed by atoms with van der Waals surface area (Å²) in [6, 6.07) is 17.3. The molecule has 0 aliphatic carbocycles. The molecule has 0 saturated carbocycles. The van der Waals surface area contributed by atoms with Crippen molar-refractivity contribution in [2.24, 2.45) is 5.16 Å². The van der Waals surface area contributed by atoms with Gasteiger partial charge in [0.25, 0.3) is 5.91 Å². The molecule has 2 aromatic carbocycles. The SMILES string of the molecule is COc1ccc(C2=NOC(CNC(=O)c3cnn(-c4ccccc4)c3)C2)cc1. The minimum atomic E-state index is -0.191. The van der Waals surface area contributed by atoms with Crippen molar-refractivity contribution in [3.63, 3.8) is 0 Å². The van der Waals surface area contributed by atoms with Crippen LogP contribution in [0.2, 0.25) is 0 Å². The lowest BCUT2D eigenvalue weighted by Gasteiger charge is -2.09. The first kappa shape index (κ1) is 17.8. The Hall–Kier alpha value is -3.61. The summed E-state index contributed by atoms with van der Waals surface area (Å²) >= 11 is 0. The van der Waals surface area contributed by atoms with E-state index in [0.717, 1.165) is 22.7 Å². The Kier molecular flexibility index (Phi) is 5.05. The summed E-state index contributed by atoms with van der Waals surface area (Å²) in [4.78, 5) is 17.9. The van der Waals surface area contributed by atoms with Crippen LogP contribution >= 0.6 is 0 Å². The van der Waals surface area contributed by atoms with Gasteiger partial charge in [-0.3, -0.25) is 4.79 Å². The molecule has 142 valence electrons. The van der Waals surface area contributed by atoms with Crippen LogP contribution in [0.1, 0.15) is 22.3 Å². The third-order valence-electron chi connectivity index (χ3n) is 4.51. The number of carbonyl (C=O) groups excluding carboxylic acids is 1. The Labute approximate surface area is 162 Å². The first-order valence-electron chi connectivity index (χ1n) is 8.98. The normalized spacial score (nSPS) is 15.6. The van der Waals surface area contributed by atoms with E-state index in [-0.39, 0.29) is 12.0 Å². The number of hydrogen-bond acceptors (Lipinski definition) is 5. The second-order valence-corrected chi connectivity index (χ2v) is 6.42. The van der Waals surface area contributed by atoms with Gasteiger partial charge < -0.3 is 14.9 Å². The lowest BCUT2D eigenvalue weighted by molar-refractivity contribution is 0.0753. The fourth-order valence-electron chi connectivity index (χ4n) is 2.96. The van der Waals surface area contributed by atoms with Gasteiger partial charge in [-0.15, -0.1) is 0 Å². The van der Waals surface area contributed by atoms with E-state index in [9.17, 15) is 4.79 Å². The van der Waals surface area contributed by atoms with E-state index in [1.54, 1.807) is 24.2 Å². The third kappa shape index (κ3) is 3.88. The zero-order valence-electron chi connectivity index (χ0n) is 15.4. The molecule has 4 rings (SSSR count). The Bertz CT molecular complexity index is 980. The molecule has 0 bridgehead atoms. The van der Waals surface area contributed by atoms with Gasteiger partial charge in [-0.05, 0) is 42.0 Å². The van der Waals surface area contributed by atoms with Crippen LogP contribution < -0.4 is 10.1 Å². The average molecular weight is 376 g/mol. The molecule has 28 heavy (non-hydrogen) atoms. The molecule has 7 heteroatoms. The molecule has 0 spiro atoms. The van der Waals surface area contributed by atoms with E-state index in [0.29, 0.717) is 18.5 Å². The van der Waals surface area contributed by atoms with E-state index < -0.39 is 0 Å². The van der Waals surface area contributed by atoms with Crippen molar-refractivity contribution in [2.75, 3.05) is 13.7 Å². The topological polar surface area (TPSA) is 77.7 Å². The number of nitrogens with one attached hydrogen (secondary N) is 1. The van der Waals surface area contributed by atoms with Crippen LogP contribution in [0.25, 0.3) is 5.69 Å². The van der Waals surface area contributed by atoms with Crippen LogP contribution in [-0.2, 0) is 4.84 Å². The Morgan fingerprint density at radius 3 is 2.75 bits per heavy atom. The maximum Gasteiger partial charge on any atom is 0.254 e. The van der Waals surface area contributed by atoms with E-state index in [1.165, 1.54) is 0 Å². The zero-order valence-corrected chi connectivity index (χ0v) is 15.4. The van der Waals surface area contributed by atoms with Crippen LogP contribution in [-0.4, -0.2) is 41.2 Å². The van der Waals surface area contributed by atoms with Crippen LogP contribution in [0, 0.1) is 0 Å². The minimum Gasteiger partial charge on any atom is -0.497 e. The lowest BCUT2D eigenvalue weighted by Crippen LogP contribution is -2.32. The summed E-state index contributed by atoms with van der Waals surface area (Å²) in [6.45, 7) is 0.374. The Balaban J connectivity index is 1.30. The molecule has 7 nitrogen and oxygen atoms in total. The minimum absolute atomic E-state index is 0.190. The van der Waals surface area contributed by atoms with E-state index >= 15 is 0 Å². The van der Waals surface area contributed by atoms with Gasteiger partial charge in [-0.1, -0.05) is 23.4 Å². The number of amides is 1. The molecule has 1 aromatic heterocycles. The van der Waals surface area contributed by atoms with Gasteiger partial charge in [0.15, 0.2) is 0 Å². The maximum absolute atomic E-state index is 12.4. The highest BCUT2D eigenvalue weighted by Gasteiger charge is 2.23. The first-order chi connectivity index (χ1) is 13.7. The van der Waals surface area contributed by atoms with E-state index in [4.69, 9.17) is 9.57 Å². The molecule has 2 heterocycles. The second-order valence-electron chi connectivity index (χ2n) is 6.42. The van der Waals surface area contributed by atoms with Gasteiger partial charge in [0.05, 0.1) is 36.8 Å². The molecule has 1 atom stereocenters. The molecule has 1 N–H and O–H groups in total. The van der Waals surface area contributed by atoms with Gasteiger partial charge in [0.1, 0.15) is 11.9 Å². The standard InChI is InChI=1S/C21H20N4O3/c1-27-18-9-7-15(8-10-18)20-11-19(28-24-20)13-22-21(26)16-12-23-25(14-16)17-5-3-2-4-6-17/h2-10,12,14,19H,11,13H2,1H3,(H,22,26). The molecular formula is C21H20N4O3. The summed E-state index contributed by atoms with van der Waals surface area (Å²) in [5, 5.41) is 11.3. The van der Waals surface area contributed by atoms with Gasteiger partial charge in [0.2, 0.25) is 0 Å². The molecule has 0 radical (unpaired) electrons.